The standard InChI is InChI=1S/C19H21N5O2/c1-11-9-24(10-14(11)23-19(26)18(25)12-2-3-12)15-5-4-13(8-20)16-17(15)22-7-6-21-16/h4-7,11-12,14,18,25H,2-3,9-10H2,1H3,(H,23,26)/t11?,14?,18-/m1/s1. The summed E-state index contributed by atoms with van der Waals surface area (Å²) in [5, 5.41) is 22.3. The highest BCUT2D eigenvalue weighted by Gasteiger charge is 2.38. The summed E-state index contributed by atoms with van der Waals surface area (Å²) < 4.78 is 0. The van der Waals surface area contributed by atoms with Gasteiger partial charge in [-0.25, -0.2) is 0 Å². The van der Waals surface area contributed by atoms with Crippen molar-refractivity contribution in [2.75, 3.05) is 18.0 Å². The second kappa shape index (κ2) is 6.54. The lowest BCUT2D eigenvalue weighted by atomic mass is 10.1. The second-order valence-corrected chi connectivity index (χ2v) is 7.28. The summed E-state index contributed by atoms with van der Waals surface area (Å²) in [4.78, 5) is 23.1. The van der Waals surface area contributed by atoms with Crippen LogP contribution in [0.1, 0.15) is 25.3 Å². The number of aromatic nitrogens is 2. The molecule has 2 heterocycles. The third-order valence-electron chi connectivity index (χ3n) is 5.34. The zero-order chi connectivity index (χ0) is 18.3. The van der Waals surface area contributed by atoms with Gasteiger partial charge in [0.05, 0.1) is 17.3 Å². The van der Waals surface area contributed by atoms with Crippen molar-refractivity contribution in [2.24, 2.45) is 11.8 Å². The second-order valence-electron chi connectivity index (χ2n) is 7.28. The van der Waals surface area contributed by atoms with Crippen LogP contribution in [0.25, 0.3) is 11.0 Å². The molecule has 2 N–H and O–H groups in total. The zero-order valence-corrected chi connectivity index (χ0v) is 14.6. The Hall–Kier alpha value is -2.72. The van der Waals surface area contributed by atoms with E-state index in [-0.39, 0.29) is 23.8 Å². The number of fused-ring (bicyclic) bond motifs is 1. The first kappa shape index (κ1) is 16.7. The summed E-state index contributed by atoms with van der Waals surface area (Å²) in [6.45, 7) is 3.50. The van der Waals surface area contributed by atoms with Crippen molar-refractivity contribution in [3.8, 4) is 6.07 Å². The highest BCUT2D eigenvalue weighted by molar-refractivity contribution is 5.92. The smallest absolute Gasteiger partial charge is 0.249 e. The molecule has 1 amide bonds. The molecule has 7 heteroatoms. The maximum absolute atomic E-state index is 12.2. The van der Waals surface area contributed by atoms with E-state index >= 15 is 0 Å². The predicted octanol–water partition coefficient (Wildman–Crippen LogP) is 1.21. The van der Waals surface area contributed by atoms with E-state index in [1.165, 1.54) is 0 Å². The predicted molar refractivity (Wildman–Crippen MR) is 96.3 cm³/mol. The Bertz CT molecular complexity index is 889. The number of nitrogens with one attached hydrogen (secondary N) is 1. The molecule has 134 valence electrons. The molecule has 0 radical (unpaired) electrons. The first-order valence-corrected chi connectivity index (χ1v) is 8.95. The summed E-state index contributed by atoms with van der Waals surface area (Å²) in [5.74, 6) is 0.101. The molecule has 26 heavy (non-hydrogen) atoms. The molecule has 1 aliphatic carbocycles. The van der Waals surface area contributed by atoms with Crippen molar-refractivity contribution in [1.29, 1.82) is 5.26 Å². The molecule has 2 aliphatic rings. The summed E-state index contributed by atoms with van der Waals surface area (Å²) >= 11 is 0. The van der Waals surface area contributed by atoms with E-state index in [9.17, 15) is 15.2 Å². The molecule has 4 rings (SSSR count). The molecule has 1 saturated heterocycles. The van der Waals surface area contributed by atoms with Crippen molar-refractivity contribution in [3.63, 3.8) is 0 Å². The van der Waals surface area contributed by atoms with Gasteiger partial charge in [0, 0.05) is 25.5 Å². The lowest BCUT2D eigenvalue weighted by Gasteiger charge is -2.21. The molecular formula is C19H21N5O2. The molecule has 2 fully saturated rings. The number of nitrogens with zero attached hydrogens (tertiary/aromatic N) is 4. The fraction of sp³-hybridized carbons (Fsp3) is 0.474. The van der Waals surface area contributed by atoms with Crippen LogP contribution in [-0.4, -0.2) is 46.2 Å². The summed E-state index contributed by atoms with van der Waals surface area (Å²) in [7, 11) is 0. The van der Waals surface area contributed by atoms with E-state index in [1.54, 1.807) is 18.5 Å². The van der Waals surface area contributed by atoms with Gasteiger partial charge in [0.2, 0.25) is 5.91 Å². The lowest BCUT2D eigenvalue weighted by Crippen LogP contribution is -2.45. The highest BCUT2D eigenvalue weighted by Crippen LogP contribution is 2.33. The molecule has 3 atom stereocenters. The Morgan fingerprint density at radius 2 is 2.04 bits per heavy atom. The molecule has 1 aliphatic heterocycles. The largest absolute Gasteiger partial charge is 0.383 e. The van der Waals surface area contributed by atoms with Gasteiger partial charge in [-0.3, -0.25) is 14.8 Å². The number of carbonyl (C=O) groups excluding carboxylic acids is 1. The lowest BCUT2D eigenvalue weighted by molar-refractivity contribution is -0.131. The zero-order valence-electron chi connectivity index (χ0n) is 14.6. The number of carbonyl (C=O) groups is 1. The highest BCUT2D eigenvalue weighted by atomic mass is 16.3. The minimum atomic E-state index is -0.891. The maximum atomic E-state index is 12.2. The molecule has 2 unspecified atom stereocenters. The number of aliphatic hydroxyl groups excluding tert-OH is 1. The molecule has 0 spiro atoms. The van der Waals surface area contributed by atoms with Crippen LogP contribution in [0.3, 0.4) is 0 Å². The van der Waals surface area contributed by atoms with E-state index < -0.39 is 6.10 Å². The summed E-state index contributed by atoms with van der Waals surface area (Å²) in [6.07, 6.45) is 4.17. The number of nitriles is 1. The van der Waals surface area contributed by atoms with Crippen LogP contribution < -0.4 is 10.2 Å². The number of rotatable bonds is 4. The van der Waals surface area contributed by atoms with Gasteiger partial charge in [-0.15, -0.1) is 0 Å². The van der Waals surface area contributed by atoms with E-state index in [1.807, 2.05) is 6.07 Å². The van der Waals surface area contributed by atoms with Crippen LogP contribution in [0.4, 0.5) is 5.69 Å². The van der Waals surface area contributed by atoms with E-state index in [0.717, 1.165) is 25.1 Å². The van der Waals surface area contributed by atoms with E-state index in [0.29, 0.717) is 23.1 Å². The Morgan fingerprint density at radius 3 is 2.73 bits per heavy atom. The number of hydrogen-bond acceptors (Lipinski definition) is 6. The van der Waals surface area contributed by atoms with Gasteiger partial charge in [0.1, 0.15) is 23.2 Å². The third-order valence-corrected chi connectivity index (χ3v) is 5.34. The van der Waals surface area contributed by atoms with Crippen LogP contribution in [0, 0.1) is 23.2 Å². The number of benzene rings is 1. The SMILES string of the molecule is CC1CN(c2ccc(C#N)c3nccnc23)CC1NC(=O)[C@H](O)C1CC1. The van der Waals surface area contributed by atoms with Gasteiger partial charge in [0.15, 0.2) is 0 Å². The minimum absolute atomic E-state index is 0.0294. The van der Waals surface area contributed by atoms with Gasteiger partial charge >= 0.3 is 0 Å². The Labute approximate surface area is 151 Å². The maximum Gasteiger partial charge on any atom is 0.249 e. The number of amides is 1. The quantitative estimate of drug-likeness (QED) is 0.858. The summed E-state index contributed by atoms with van der Waals surface area (Å²) in [6, 6.07) is 5.78. The molecule has 0 bridgehead atoms. The molecule has 1 aromatic heterocycles. The van der Waals surface area contributed by atoms with Gasteiger partial charge < -0.3 is 15.3 Å². The molecule has 2 aromatic rings. The van der Waals surface area contributed by atoms with Crippen LogP contribution >= 0.6 is 0 Å². The van der Waals surface area contributed by atoms with Crippen molar-refractivity contribution >= 4 is 22.6 Å². The first-order valence-electron chi connectivity index (χ1n) is 8.95. The summed E-state index contributed by atoms with van der Waals surface area (Å²) in [5.41, 5.74) is 2.71. The Morgan fingerprint density at radius 1 is 1.31 bits per heavy atom. The van der Waals surface area contributed by atoms with Gasteiger partial charge in [0.25, 0.3) is 0 Å². The molecule has 1 aromatic carbocycles. The van der Waals surface area contributed by atoms with Crippen molar-refractivity contribution in [1.82, 2.24) is 15.3 Å². The van der Waals surface area contributed by atoms with Crippen LogP contribution in [0.2, 0.25) is 0 Å². The molecule has 7 nitrogen and oxygen atoms in total. The Kier molecular flexibility index (Phi) is 4.21. The van der Waals surface area contributed by atoms with Gasteiger partial charge in [-0.2, -0.15) is 5.26 Å². The third kappa shape index (κ3) is 2.97. The molecule has 1 saturated carbocycles. The van der Waals surface area contributed by atoms with Gasteiger partial charge in [-0.05, 0) is 36.8 Å². The number of aliphatic hydroxyl groups is 1. The van der Waals surface area contributed by atoms with Crippen molar-refractivity contribution < 1.29 is 9.90 Å². The van der Waals surface area contributed by atoms with E-state index in [4.69, 9.17) is 0 Å². The van der Waals surface area contributed by atoms with Crippen LogP contribution in [-0.2, 0) is 4.79 Å². The fourth-order valence-electron chi connectivity index (χ4n) is 3.63. The minimum Gasteiger partial charge on any atom is -0.383 e. The normalized spacial score (nSPS) is 23.7. The first-order chi connectivity index (χ1) is 12.6. The number of hydrogen-bond donors (Lipinski definition) is 2. The van der Waals surface area contributed by atoms with E-state index in [2.05, 4.69) is 33.2 Å². The molecular weight excluding hydrogens is 330 g/mol. The van der Waals surface area contributed by atoms with Gasteiger partial charge in [-0.1, -0.05) is 6.92 Å². The fourth-order valence-corrected chi connectivity index (χ4v) is 3.63. The van der Waals surface area contributed by atoms with Crippen LogP contribution in [0.15, 0.2) is 24.5 Å². The Balaban J connectivity index is 1.55. The topological polar surface area (TPSA) is 102 Å². The average molecular weight is 351 g/mol. The average Bonchev–Trinajstić information content (AvgIpc) is 3.44. The van der Waals surface area contributed by atoms with Crippen molar-refractivity contribution in [2.45, 2.75) is 31.9 Å². The van der Waals surface area contributed by atoms with Crippen molar-refractivity contribution in [3.05, 3.63) is 30.1 Å². The number of anilines is 1. The monoisotopic (exact) mass is 351 g/mol. The van der Waals surface area contributed by atoms with Crippen LogP contribution in [0.5, 0.6) is 0 Å².